The molecule has 3 heteroatoms. The Balaban J connectivity index is 1.10. The molecule has 2 heterocycles. The first kappa shape index (κ1) is 30.0. The monoisotopic (exact) mass is 693 g/mol. The van der Waals surface area contributed by atoms with Crippen LogP contribution in [0.15, 0.2) is 192 Å². The zero-order valence-electron chi connectivity index (χ0n) is 28.7. The molecule has 0 atom stereocenters. The van der Waals surface area contributed by atoms with E-state index >= 15 is 0 Å². The van der Waals surface area contributed by atoms with Crippen molar-refractivity contribution in [3.8, 4) is 22.3 Å². The van der Waals surface area contributed by atoms with E-state index in [2.05, 4.69) is 193 Å². The minimum absolute atomic E-state index is 0.870. The van der Waals surface area contributed by atoms with Crippen molar-refractivity contribution in [1.82, 2.24) is 0 Å². The van der Waals surface area contributed by atoms with Gasteiger partial charge in [0.1, 0.15) is 11.2 Å². The molecule has 0 N–H and O–H groups in total. The third-order valence-electron chi connectivity index (χ3n) is 10.6. The van der Waals surface area contributed by atoms with Gasteiger partial charge in [0, 0.05) is 48.4 Å². The topological polar surface area (TPSA) is 16.4 Å². The van der Waals surface area contributed by atoms with Gasteiger partial charge in [-0.25, -0.2) is 0 Å². The highest BCUT2D eigenvalue weighted by molar-refractivity contribution is 7.26. The standard InChI is InChI=1S/C50H31NOS/c1-2-11-32(12-3-1)34-23-27-41-42-28-26-37(31-47(42)52-46(41)30-34)51(45-18-10-20-49-50(45)43-17-8-9-19-48(43)53-49)36-24-21-33(22-25-36)44-29-35-13-4-5-14-38(35)39-15-6-7-16-40(39)44/h1-31H. The first-order chi connectivity index (χ1) is 26.3. The highest BCUT2D eigenvalue weighted by Gasteiger charge is 2.20. The lowest BCUT2D eigenvalue weighted by Crippen LogP contribution is -2.10. The van der Waals surface area contributed by atoms with Crippen molar-refractivity contribution in [2.45, 2.75) is 0 Å². The summed E-state index contributed by atoms with van der Waals surface area (Å²) in [4.78, 5) is 2.39. The summed E-state index contributed by atoms with van der Waals surface area (Å²) in [5.41, 5.74) is 9.80. The van der Waals surface area contributed by atoms with Gasteiger partial charge in [0.25, 0.3) is 0 Å². The molecule has 0 spiro atoms. The highest BCUT2D eigenvalue weighted by Crippen LogP contribution is 2.46. The lowest BCUT2D eigenvalue weighted by molar-refractivity contribution is 0.669. The minimum Gasteiger partial charge on any atom is -0.456 e. The number of anilines is 3. The molecule has 0 fully saturated rings. The Kier molecular flexibility index (Phi) is 6.76. The first-order valence-electron chi connectivity index (χ1n) is 18.0. The normalized spacial score (nSPS) is 11.8. The molecule has 248 valence electrons. The Morgan fingerprint density at radius 3 is 1.87 bits per heavy atom. The fourth-order valence-electron chi connectivity index (χ4n) is 8.17. The number of nitrogens with zero attached hydrogens (tertiary/aromatic N) is 1. The molecular formula is C50H31NOS. The minimum atomic E-state index is 0.870. The Labute approximate surface area is 310 Å². The molecule has 2 aromatic heterocycles. The summed E-state index contributed by atoms with van der Waals surface area (Å²) in [5.74, 6) is 0. The van der Waals surface area contributed by atoms with Crippen LogP contribution in [-0.4, -0.2) is 0 Å². The lowest BCUT2D eigenvalue weighted by Gasteiger charge is -2.26. The quantitative estimate of drug-likeness (QED) is 0.167. The number of rotatable bonds is 5. The molecule has 9 aromatic carbocycles. The van der Waals surface area contributed by atoms with E-state index in [4.69, 9.17) is 4.42 Å². The van der Waals surface area contributed by atoms with E-state index in [-0.39, 0.29) is 0 Å². The molecule has 53 heavy (non-hydrogen) atoms. The van der Waals surface area contributed by atoms with Gasteiger partial charge in [-0.15, -0.1) is 11.3 Å². The molecule has 0 aliphatic heterocycles. The molecule has 11 aromatic rings. The second-order valence-corrected chi connectivity index (χ2v) is 14.8. The van der Waals surface area contributed by atoms with Crippen LogP contribution in [0.5, 0.6) is 0 Å². The summed E-state index contributed by atoms with van der Waals surface area (Å²) >= 11 is 1.85. The number of fused-ring (bicyclic) bond motifs is 9. The molecule has 0 aliphatic rings. The van der Waals surface area contributed by atoms with Crippen LogP contribution in [0.3, 0.4) is 0 Å². The molecule has 0 aliphatic carbocycles. The lowest BCUT2D eigenvalue weighted by atomic mass is 9.93. The zero-order chi connectivity index (χ0) is 34.9. The van der Waals surface area contributed by atoms with Gasteiger partial charge in [0.15, 0.2) is 0 Å². The summed E-state index contributed by atoms with van der Waals surface area (Å²) in [6, 6.07) is 67.9. The summed E-state index contributed by atoms with van der Waals surface area (Å²) in [7, 11) is 0. The van der Waals surface area contributed by atoms with Crippen molar-refractivity contribution in [2.24, 2.45) is 0 Å². The van der Waals surface area contributed by atoms with Gasteiger partial charge in [0.2, 0.25) is 0 Å². The third kappa shape index (κ3) is 4.86. The molecular weight excluding hydrogens is 663 g/mol. The van der Waals surface area contributed by atoms with Crippen molar-refractivity contribution in [2.75, 3.05) is 4.90 Å². The van der Waals surface area contributed by atoms with E-state index in [1.807, 2.05) is 11.3 Å². The van der Waals surface area contributed by atoms with Crippen LogP contribution in [0.25, 0.3) is 85.9 Å². The summed E-state index contributed by atoms with van der Waals surface area (Å²) in [5, 5.41) is 9.83. The maximum Gasteiger partial charge on any atom is 0.137 e. The van der Waals surface area contributed by atoms with Gasteiger partial charge < -0.3 is 9.32 Å². The maximum atomic E-state index is 6.65. The molecule has 11 rings (SSSR count). The SMILES string of the molecule is c1ccc(-c2ccc3c(c2)oc2cc(N(c4ccc(-c5cc6ccccc6c6ccccc56)cc4)c4cccc5sc6ccccc6c45)ccc23)cc1. The maximum absolute atomic E-state index is 6.65. The predicted molar refractivity (Wildman–Crippen MR) is 227 cm³/mol. The third-order valence-corrected chi connectivity index (χ3v) is 11.8. The molecule has 0 saturated heterocycles. The fraction of sp³-hybridized carbons (Fsp3) is 0. The Morgan fingerprint density at radius 1 is 0.377 bits per heavy atom. The highest BCUT2D eigenvalue weighted by atomic mass is 32.1. The van der Waals surface area contributed by atoms with Crippen LogP contribution in [0.1, 0.15) is 0 Å². The Hall–Kier alpha value is -6.68. The van der Waals surface area contributed by atoms with Crippen molar-refractivity contribution in [1.29, 1.82) is 0 Å². The predicted octanol–water partition coefficient (Wildman–Crippen LogP) is 15.1. The second-order valence-electron chi connectivity index (χ2n) is 13.7. The van der Waals surface area contributed by atoms with Gasteiger partial charge >= 0.3 is 0 Å². The largest absolute Gasteiger partial charge is 0.456 e. The van der Waals surface area contributed by atoms with Crippen LogP contribution in [0.4, 0.5) is 17.1 Å². The fourth-order valence-corrected chi connectivity index (χ4v) is 9.29. The number of benzene rings is 9. The van der Waals surface area contributed by atoms with Crippen LogP contribution < -0.4 is 4.90 Å². The van der Waals surface area contributed by atoms with Gasteiger partial charge in [-0.1, -0.05) is 121 Å². The van der Waals surface area contributed by atoms with E-state index in [0.717, 1.165) is 44.6 Å². The summed E-state index contributed by atoms with van der Waals surface area (Å²) in [6.45, 7) is 0. The number of furan rings is 1. The molecule has 0 saturated carbocycles. The first-order valence-corrected chi connectivity index (χ1v) is 18.8. The average molecular weight is 694 g/mol. The Bertz CT molecular complexity index is 3170. The zero-order valence-corrected chi connectivity index (χ0v) is 29.5. The van der Waals surface area contributed by atoms with Crippen LogP contribution in [0, 0.1) is 0 Å². The van der Waals surface area contributed by atoms with E-state index in [1.54, 1.807) is 0 Å². The van der Waals surface area contributed by atoms with Crippen molar-refractivity contribution in [3.63, 3.8) is 0 Å². The van der Waals surface area contributed by atoms with Gasteiger partial charge in [-0.05, 0) is 104 Å². The van der Waals surface area contributed by atoms with Gasteiger partial charge in [-0.2, -0.15) is 0 Å². The van der Waals surface area contributed by atoms with E-state index < -0.39 is 0 Å². The van der Waals surface area contributed by atoms with Gasteiger partial charge in [-0.3, -0.25) is 0 Å². The molecule has 0 bridgehead atoms. The van der Waals surface area contributed by atoms with E-state index in [9.17, 15) is 0 Å². The molecule has 0 radical (unpaired) electrons. The number of hydrogen-bond donors (Lipinski definition) is 0. The van der Waals surface area contributed by atoms with E-state index in [0.29, 0.717) is 0 Å². The van der Waals surface area contributed by atoms with Crippen molar-refractivity contribution < 1.29 is 4.42 Å². The smallest absolute Gasteiger partial charge is 0.137 e. The second kappa shape index (κ2) is 11.9. The summed E-state index contributed by atoms with van der Waals surface area (Å²) < 4.78 is 9.21. The van der Waals surface area contributed by atoms with Crippen LogP contribution in [-0.2, 0) is 0 Å². The number of thiophene rings is 1. The molecule has 0 unspecified atom stereocenters. The molecule has 0 amide bonds. The van der Waals surface area contributed by atoms with Crippen LogP contribution in [0.2, 0.25) is 0 Å². The summed E-state index contributed by atoms with van der Waals surface area (Å²) in [6.07, 6.45) is 0. The van der Waals surface area contributed by atoms with Crippen molar-refractivity contribution >= 4 is 92.1 Å². The molecule has 2 nitrogen and oxygen atoms in total. The number of hydrogen-bond acceptors (Lipinski definition) is 3. The Morgan fingerprint density at radius 2 is 1.02 bits per heavy atom. The average Bonchev–Trinajstić information content (AvgIpc) is 3.79. The van der Waals surface area contributed by atoms with Crippen LogP contribution >= 0.6 is 11.3 Å². The van der Waals surface area contributed by atoms with Gasteiger partial charge in [0.05, 0.1) is 5.69 Å². The van der Waals surface area contributed by atoms with E-state index in [1.165, 1.54) is 58.4 Å². The van der Waals surface area contributed by atoms with Crippen molar-refractivity contribution in [3.05, 3.63) is 188 Å².